The Bertz CT molecular complexity index is 1170. The molecule has 8 nitrogen and oxygen atoms in total. The predicted molar refractivity (Wildman–Crippen MR) is 131 cm³/mol. The number of hydrogen-bond donors (Lipinski definition) is 2. The number of carbonyl (C=O) groups is 4. The molecular formula is C26H26N4O4S. The molecule has 1 saturated heterocycles. The molecule has 0 spiro atoms. The van der Waals surface area contributed by atoms with Gasteiger partial charge in [-0.2, -0.15) is 0 Å². The van der Waals surface area contributed by atoms with Gasteiger partial charge in [-0.15, -0.1) is 11.3 Å². The zero-order chi connectivity index (χ0) is 24.6. The van der Waals surface area contributed by atoms with Gasteiger partial charge in [0.2, 0.25) is 17.6 Å². The number of benzene rings is 2. The van der Waals surface area contributed by atoms with E-state index >= 15 is 0 Å². The molecule has 180 valence electrons. The first kappa shape index (κ1) is 24.3. The van der Waals surface area contributed by atoms with E-state index in [2.05, 4.69) is 15.6 Å². The minimum absolute atomic E-state index is 0.109. The third-order valence-electron chi connectivity index (χ3n) is 5.87. The Balaban J connectivity index is 1.47. The van der Waals surface area contributed by atoms with Crippen molar-refractivity contribution in [1.82, 2.24) is 20.5 Å². The first-order valence-corrected chi connectivity index (χ1v) is 12.3. The average Bonchev–Trinajstić information content (AvgIpc) is 3.53. The molecule has 35 heavy (non-hydrogen) atoms. The number of carbonyl (C=O) groups excluding carboxylic acids is 4. The lowest BCUT2D eigenvalue weighted by atomic mass is 10.0. The van der Waals surface area contributed by atoms with Gasteiger partial charge < -0.3 is 15.5 Å². The number of nitrogens with zero attached hydrogens (tertiary/aromatic N) is 2. The molecule has 0 aliphatic carbocycles. The minimum Gasteiger partial charge on any atom is -0.344 e. The number of Topliss-reactive ketones (excluding diaryl/α,β-unsaturated/α-hetero) is 1. The minimum atomic E-state index is -1.05. The summed E-state index contributed by atoms with van der Waals surface area (Å²) in [6, 6.07) is 16.9. The van der Waals surface area contributed by atoms with Gasteiger partial charge in [0.25, 0.3) is 5.91 Å². The molecule has 2 heterocycles. The molecule has 0 bridgehead atoms. The first-order valence-electron chi connectivity index (χ1n) is 11.4. The van der Waals surface area contributed by atoms with Crippen molar-refractivity contribution in [3.63, 3.8) is 0 Å². The topological polar surface area (TPSA) is 108 Å². The predicted octanol–water partition coefficient (Wildman–Crippen LogP) is 2.25. The van der Waals surface area contributed by atoms with E-state index in [4.69, 9.17) is 0 Å². The molecule has 1 fully saturated rings. The van der Waals surface area contributed by atoms with Crippen molar-refractivity contribution in [1.29, 1.82) is 0 Å². The number of amides is 3. The lowest BCUT2D eigenvalue weighted by Crippen LogP contribution is -2.53. The molecule has 0 saturated carbocycles. The molecule has 1 aliphatic rings. The summed E-state index contributed by atoms with van der Waals surface area (Å²) in [4.78, 5) is 57.8. The number of aromatic nitrogens is 1. The summed E-state index contributed by atoms with van der Waals surface area (Å²) in [6.07, 6.45) is 2.41. The molecule has 1 unspecified atom stereocenters. The van der Waals surface area contributed by atoms with Crippen molar-refractivity contribution in [2.45, 2.75) is 44.4 Å². The zero-order valence-electron chi connectivity index (χ0n) is 19.1. The van der Waals surface area contributed by atoms with Crippen LogP contribution in [0.25, 0.3) is 0 Å². The Hall–Kier alpha value is -3.85. The van der Waals surface area contributed by atoms with Crippen LogP contribution in [0.4, 0.5) is 0 Å². The van der Waals surface area contributed by atoms with Gasteiger partial charge in [0.15, 0.2) is 0 Å². The van der Waals surface area contributed by atoms with Crippen molar-refractivity contribution in [3.05, 3.63) is 88.4 Å². The van der Waals surface area contributed by atoms with E-state index in [-0.39, 0.29) is 25.3 Å². The van der Waals surface area contributed by atoms with Crippen molar-refractivity contribution in [3.8, 4) is 0 Å². The normalized spacial score (nSPS) is 16.1. The second-order valence-electron chi connectivity index (χ2n) is 8.33. The van der Waals surface area contributed by atoms with E-state index in [9.17, 15) is 19.2 Å². The maximum atomic E-state index is 13.3. The van der Waals surface area contributed by atoms with Crippen LogP contribution in [0.5, 0.6) is 0 Å². The van der Waals surface area contributed by atoms with E-state index in [0.29, 0.717) is 13.0 Å². The first-order chi connectivity index (χ1) is 17.0. The molecule has 2 atom stereocenters. The maximum Gasteiger partial charge on any atom is 0.289 e. The Morgan fingerprint density at radius 1 is 1.03 bits per heavy atom. The number of ketones is 1. The maximum absolute atomic E-state index is 13.3. The van der Waals surface area contributed by atoms with Crippen molar-refractivity contribution < 1.29 is 19.2 Å². The van der Waals surface area contributed by atoms with Crippen LogP contribution in [0.3, 0.4) is 0 Å². The highest BCUT2D eigenvalue weighted by atomic mass is 32.1. The highest BCUT2D eigenvalue weighted by molar-refractivity contribution is 7.09. The van der Waals surface area contributed by atoms with E-state index in [1.165, 1.54) is 11.3 Å². The van der Waals surface area contributed by atoms with Crippen LogP contribution in [0, 0.1) is 0 Å². The molecule has 1 aliphatic heterocycles. The van der Waals surface area contributed by atoms with E-state index in [0.717, 1.165) is 16.0 Å². The smallest absolute Gasteiger partial charge is 0.289 e. The summed E-state index contributed by atoms with van der Waals surface area (Å²) in [6.45, 7) is 0.494. The Morgan fingerprint density at radius 3 is 2.37 bits per heavy atom. The van der Waals surface area contributed by atoms with Gasteiger partial charge in [-0.25, -0.2) is 0 Å². The number of nitrogens with one attached hydrogen (secondary N) is 2. The molecule has 1 aromatic heterocycles. The molecular weight excluding hydrogens is 464 g/mol. The van der Waals surface area contributed by atoms with Gasteiger partial charge in [-0.05, 0) is 17.5 Å². The number of hydrogen-bond acceptors (Lipinski definition) is 6. The number of rotatable bonds is 10. The molecule has 3 aromatic rings. The van der Waals surface area contributed by atoms with Gasteiger partial charge in [0, 0.05) is 30.5 Å². The highest BCUT2D eigenvalue weighted by Gasteiger charge is 2.38. The quantitative estimate of drug-likeness (QED) is 0.424. The lowest BCUT2D eigenvalue weighted by Gasteiger charge is -2.26. The fraction of sp³-hybridized carbons (Fsp3) is 0.269. The monoisotopic (exact) mass is 490 g/mol. The van der Waals surface area contributed by atoms with Crippen LogP contribution in [0.15, 0.2) is 72.4 Å². The van der Waals surface area contributed by atoms with Gasteiger partial charge in [0.05, 0.1) is 12.1 Å². The second-order valence-corrected chi connectivity index (χ2v) is 9.30. The Kier molecular flexibility index (Phi) is 7.99. The molecule has 0 radical (unpaired) electrons. The molecule has 3 amide bonds. The van der Waals surface area contributed by atoms with E-state index < -0.39 is 29.7 Å². The Morgan fingerprint density at radius 2 is 1.71 bits per heavy atom. The molecule has 2 N–H and O–H groups in total. The SMILES string of the molecule is O=C(NCc1cncs1)C(=O)C(Cc1ccccc1)NC(=O)[C@H]1CCC(=O)N1Cc1ccccc1. The highest BCUT2D eigenvalue weighted by Crippen LogP contribution is 2.22. The van der Waals surface area contributed by atoms with E-state index in [1.807, 2.05) is 60.7 Å². The summed E-state index contributed by atoms with van der Waals surface area (Å²) in [5.74, 6) is -2.05. The van der Waals surface area contributed by atoms with Gasteiger partial charge in [-0.1, -0.05) is 60.7 Å². The van der Waals surface area contributed by atoms with Crippen molar-refractivity contribution in [2.75, 3.05) is 0 Å². The van der Waals surface area contributed by atoms with Crippen LogP contribution in [0.1, 0.15) is 28.8 Å². The van der Waals surface area contributed by atoms with Gasteiger partial charge >= 0.3 is 0 Å². The van der Waals surface area contributed by atoms with Crippen LogP contribution in [0.2, 0.25) is 0 Å². The fourth-order valence-corrected chi connectivity index (χ4v) is 4.59. The van der Waals surface area contributed by atoms with Crippen LogP contribution in [-0.4, -0.2) is 45.5 Å². The average molecular weight is 491 g/mol. The zero-order valence-corrected chi connectivity index (χ0v) is 19.9. The van der Waals surface area contributed by atoms with Gasteiger partial charge in [0.1, 0.15) is 12.1 Å². The van der Waals surface area contributed by atoms with Crippen LogP contribution < -0.4 is 10.6 Å². The fourth-order valence-electron chi connectivity index (χ4n) is 4.05. The third-order valence-corrected chi connectivity index (χ3v) is 6.65. The standard InChI is InChI=1S/C26H26N4O4S/c31-23-12-11-22(30(23)16-19-9-5-2-6-10-19)25(33)29-21(13-18-7-3-1-4-8-18)24(32)26(34)28-15-20-14-27-17-35-20/h1-10,14,17,21-22H,11-13,15-16H2,(H,28,34)(H,29,33)/t21?,22-/m1/s1. The lowest BCUT2D eigenvalue weighted by molar-refractivity contribution is -0.141. The molecule has 2 aromatic carbocycles. The molecule has 9 heteroatoms. The summed E-state index contributed by atoms with van der Waals surface area (Å²) in [5.41, 5.74) is 3.37. The van der Waals surface area contributed by atoms with Crippen molar-refractivity contribution >= 4 is 34.8 Å². The number of thiazole rings is 1. The number of likely N-dealkylation sites (tertiary alicyclic amines) is 1. The third kappa shape index (κ3) is 6.39. The largest absolute Gasteiger partial charge is 0.344 e. The second kappa shape index (κ2) is 11.5. The van der Waals surface area contributed by atoms with Crippen LogP contribution in [-0.2, 0) is 38.7 Å². The van der Waals surface area contributed by atoms with Crippen molar-refractivity contribution in [2.24, 2.45) is 0 Å². The van der Waals surface area contributed by atoms with Gasteiger partial charge in [-0.3, -0.25) is 24.2 Å². The summed E-state index contributed by atoms with van der Waals surface area (Å²) in [7, 11) is 0. The summed E-state index contributed by atoms with van der Waals surface area (Å²) in [5, 5.41) is 5.37. The van der Waals surface area contributed by atoms with Crippen LogP contribution >= 0.6 is 11.3 Å². The van der Waals surface area contributed by atoms with E-state index in [1.54, 1.807) is 16.6 Å². The Labute approximate surface area is 207 Å². The summed E-state index contributed by atoms with van der Waals surface area (Å²) < 4.78 is 0. The summed E-state index contributed by atoms with van der Waals surface area (Å²) >= 11 is 1.37. The molecule has 4 rings (SSSR count).